The van der Waals surface area contributed by atoms with Crippen molar-refractivity contribution in [3.8, 4) is 0 Å². The summed E-state index contributed by atoms with van der Waals surface area (Å²) in [4.78, 5) is 2.96. The lowest BCUT2D eigenvalue weighted by Gasteiger charge is -2.54. The first kappa shape index (κ1) is 30.5. The van der Waals surface area contributed by atoms with Crippen LogP contribution in [0.4, 0.5) is 0 Å². The lowest BCUT2D eigenvalue weighted by molar-refractivity contribution is -0.0538. The molecule has 0 aliphatic carbocycles. The molecule has 2 aliphatic heterocycles. The molecule has 39 heavy (non-hydrogen) atoms. The standard InChI is InChI=1S/C36H57NOSi/c1-6-7-8-9-10-11-12-15-21-31-22-20-23-32-28-29-35(30(2)37(31)32)38-39(36(3,4)5,33-24-16-13-17-25-33)34-26-18-14-19-27-34/h13-14,16-19,24-27,30-32,35H,6-12,15,20-23,28-29H2,1-5H3/t30-,31-,32+,35+/m0/s1. The summed E-state index contributed by atoms with van der Waals surface area (Å²) in [5, 5.41) is 2.85. The van der Waals surface area contributed by atoms with Crippen molar-refractivity contribution in [1.29, 1.82) is 0 Å². The highest BCUT2D eigenvalue weighted by molar-refractivity contribution is 6.99. The van der Waals surface area contributed by atoms with Gasteiger partial charge < -0.3 is 4.43 Å². The predicted molar refractivity (Wildman–Crippen MR) is 172 cm³/mol. The Morgan fingerprint density at radius 2 is 1.31 bits per heavy atom. The minimum atomic E-state index is -2.53. The van der Waals surface area contributed by atoms with Crippen LogP contribution in [0.3, 0.4) is 0 Å². The summed E-state index contributed by atoms with van der Waals surface area (Å²) in [6.07, 6.45) is 19.6. The fourth-order valence-electron chi connectivity index (χ4n) is 7.82. The molecule has 0 bridgehead atoms. The van der Waals surface area contributed by atoms with Gasteiger partial charge in [-0.2, -0.15) is 0 Å². The van der Waals surface area contributed by atoms with Crippen LogP contribution in [0.25, 0.3) is 0 Å². The number of hydrogen-bond acceptors (Lipinski definition) is 2. The maximum absolute atomic E-state index is 7.71. The molecule has 0 radical (unpaired) electrons. The largest absolute Gasteiger partial charge is 0.403 e. The van der Waals surface area contributed by atoms with E-state index in [0.29, 0.717) is 6.04 Å². The lowest BCUT2D eigenvalue weighted by atomic mass is 9.83. The van der Waals surface area contributed by atoms with Crippen molar-refractivity contribution in [3.63, 3.8) is 0 Å². The quantitative estimate of drug-likeness (QED) is 0.183. The molecule has 0 aromatic heterocycles. The van der Waals surface area contributed by atoms with Crippen LogP contribution in [0.5, 0.6) is 0 Å². The highest BCUT2D eigenvalue weighted by Crippen LogP contribution is 2.42. The summed E-state index contributed by atoms with van der Waals surface area (Å²) >= 11 is 0. The summed E-state index contributed by atoms with van der Waals surface area (Å²) in [5.74, 6) is 0. The van der Waals surface area contributed by atoms with Crippen LogP contribution < -0.4 is 10.4 Å². The summed E-state index contributed by atoms with van der Waals surface area (Å²) < 4.78 is 7.71. The Bertz CT molecular complexity index is 916. The third kappa shape index (κ3) is 7.27. The fraction of sp³-hybridized carbons (Fsp3) is 0.667. The molecule has 2 saturated heterocycles. The Labute approximate surface area is 242 Å². The summed E-state index contributed by atoms with van der Waals surface area (Å²) in [6, 6.07) is 24.5. The number of hydrogen-bond donors (Lipinski definition) is 0. The van der Waals surface area contributed by atoms with Gasteiger partial charge in [0.05, 0.1) is 6.10 Å². The Kier molecular flexibility index (Phi) is 11.3. The van der Waals surface area contributed by atoms with E-state index in [-0.39, 0.29) is 11.1 Å². The zero-order valence-electron chi connectivity index (χ0n) is 25.8. The first-order valence-corrected chi connectivity index (χ1v) is 18.4. The molecule has 4 atom stereocenters. The molecule has 3 heteroatoms. The molecular formula is C36H57NOSi. The van der Waals surface area contributed by atoms with Crippen molar-refractivity contribution in [2.45, 2.75) is 154 Å². The molecule has 0 amide bonds. The van der Waals surface area contributed by atoms with Crippen LogP contribution in [0.15, 0.2) is 60.7 Å². The second-order valence-corrected chi connectivity index (χ2v) is 17.8. The molecule has 2 fully saturated rings. The maximum Gasteiger partial charge on any atom is 0.261 e. The maximum atomic E-state index is 7.71. The van der Waals surface area contributed by atoms with Gasteiger partial charge in [0.25, 0.3) is 8.32 Å². The summed E-state index contributed by atoms with van der Waals surface area (Å²) in [6.45, 7) is 12.1. The van der Waals surface area contributed by atoms with Crippen LogP contribution in [-0.4, -0.2) is 37.4 Å². The summed E-state index contributed by atoms with van der Waals surface area (Å²) in [5.41, 5.74) is 0. The molecule has 0 saturated carbocycles. The third-order valence-electron chi connectivity index (χ3n) is 9.85. The smallest absolute Gasteiger partial charge is 0.261 e. The van der Waals surface area contributed by atoms with Crippen molar-refractivity contribution >= 4 is 18.7 Å². The number of nitrogens with zero attached hydrogens (tertiary/aromatic N) is 1. The number of rotatable bonds is 13. The van der Waals surface area contributed by atoms with E-state index in [1.165, 1.54) is 100 Å². The summed E-state index contributed by atoms with van der Waals surface area (Å²) in [7, 11) is -2.53. The van der Waals surface area contributed by atoms with Gasteiger partial charge in [-0.25, -0.2) is 0 Å². The molecule has 2 heterocycles. The first-order valence-electron chi connectivity index (χ1n) is 16.4. The first-order chi connectivity index (χ1) is 18.9. The second kappa shape index (κ2) is 14.5. The van der Waals surface area contributed by atoms with Gasteiger partial charge in [0.2, 0.25) is 0 Å². The fourth-order valence-corrected chi connectivity index (χ4v) is 12.6. The number of piperidine rings is 2. The van der Waals surface area contributed by atoms with Gasteiger partial charge in [-0.05, 0) is 54.4 Å². The number of fused-ring (bicyclic) bond motifs is 1. The zero-order chi connectivity index (χ0) is 27.7. The SMILES string of the molecule is CCCCCCCCCC[C@H]1CCC[C@@H]2CC[C@@H](O[Si](c3ccccc3)(c3ccccc3)C(C)(C)C)[C@H](C)N12. The normalized spacial score (nSPS) is 24.4. The van der Waals surface area contributed by atoms with Crippen molar-refractivity contribution in [2.24, 2.45) is 0 Å². The van der Waals surface area contributed by atoms with Gasteiger partial charge in [0.1, 0.15) is 0 Å². The average Bonchev–Trinajstić information content (AvgIpc) is 2.94. The van der Waals surface area contributed by atoms with Gasteiger partial charge in [0, 0.05) is 18.1 Å². The molecular weight excluding hydrogens is 490 g/mol. The Morgan fingerprint density at radius 3 is 1.87 bits per heavy atom. The van der Waals surface area contributed by atoms with Gasteiger partial charge >= 0.3 is 0 Å². The molecule has 2 aromatic carbocycles. The van der Waals surface area contributed by atoms with Crippen LogP contribution in [0, 0.1) is 0 Å². The molecule has 2 aliphatic rings. The zero-order valence-corrected chi connectivity index (χ0v) is 26.8. The van der Waals surface area contributed by atoms with Crippen LogP contribution >= 0.6 is 0 Å². The van der Waals surface area contributed by atoms with Crippen molar-refractivity contribution in [1.82, 2.24) is 4.90 Å². The Morgan fingerprint density at radius 1 is 0.744 bits per heavy atom. The van der Waals surface area contributed by atoms with Gasteiger partial charge in [-0.3, -0.25) is 4.90 Å². The van der Waals surface area contributed by atoms with E-state index in [4.69, 9.17) is 4.43 Å². The predicted octanol–water partition coefficient (Wildman–Crippen LogP) is 8.87. The van der Waals surface area contributed by atoms with Crippen molar-refractivity contribution < 1.29 is 4.43 Å². The van der Waals surface area contributed by atoms with E-state index in [1.54, 1.807) is 0 Å². The molecule has 4 rings (SSSR count). The molecule has 0 unspecified atom stereocenters. The molecule has 0 spiro atoms. The minimum absolute atomic E-state index is 0.0324. The monoisotopic (exact) mass is 547 g/mol. The molecule has 0 N–H and O–H groups in total. The minimum Gasteiger partial charge on any atom is -0.403 e. The van der Waals surface area contributed by atoms with Gasteiger partial charge in [-0.1, -0.05) is 146 Å². The van der Waals surface area contributed by atoms with Crippen molar-refractivity contribution in [2.75, 3.05) is 0 Å². The number of benzene rings is 2. The Balaban J connectivity index is 1.50. The van der Waals surface area contributed by atoms with Crippen molar-refractivity contribution in [3.05, 3.63) is 60.7 Å². The van der Waals surface area contributed by atoms with E-state index in [1.807, 2.05) is 0 Å². The van der Waals surface area contributed by atoms with Crippen LogP contribution in [0.1, 0.15) is 125 Å². The van der Waals surface area contributed by atoms with Gasteiger partial charge in [-0.15, -0.1) is 0 Å². The number of unbranched alkanes of at least 4 members (excludes halogenated alkanes) is 7. The van der Waals surface area contributed by atoms with E-state index in [9.17, 15) is 0 Å². The third-order valence-corrected chi connectivity index (χ3v) is 14.9. The lowest BCUT2D eigenvalue weighted by Crippen LogP contribution is -2.70. The highest BCUT2D eigenvalue weighted by Gasteiger charge is 2.53. The molecule has 2 nitrogen and oxygen atoms in total. The van der Waals surface area contributed by atoms with E-state index < -0.39 is 8.32 Å². The van der Waals surface area contributed by atoms with Crippen LogP contribution in [0.2, 0.25) is 5.04 Å². The van der Waals surface area contributed by atoms with E-state index in [0.717, 1.165) is 12.1 Å². The Hall–Kier alpha value is -1.42. The van der Waals surface area contributed by atoms with E-state index >= 15 is 0 Å². The second-order valence-electron chi connectivity index (χ2n) is 13.6. The molecule has 216 valence electrons. The molecule has 2 aromatic rings. The van der Waals surface area contributed by atoms with Gasteiger partial charge in [0.15, 0.2) is 0 Å². The van der Waals surface area contributed by atoms with Crippen LogP contribution in [-0.2, 0) is 4.43 Å². The van der Waals surface area contributed by atoms with E-state index in [2.05, 4.69) is 100 Å². The topological polar surface area (TPSA) is 12.5 Å². The highest BCUT2D eigenvalue weighted by atomic mass is 28.4. The average molecular weight is 548 g/mol.